The third-order valence-corrected chi connectivity index (χ3v) is 14.3. The Hall–Kier alpha value is -4.75. The number of halogens is 5. The summed E-state index contributed by atoms with van der Waals surface area (Å²) >= 11 is 0. The number of carbonyl (C=O) groups excluding carboxylic acids is 4. The lowest BCUT2D eigenvalue weighted by atomic mass is 9.85. The third kappa shape index (κ3) is 8.84. The maximum absolute atomic E-state index is 14.9. The Bertz CT molecular complexity index is 2150. The van der Waals surface area contributed by atoms with Gasteiger partial charge in [0, 0.05) is 23.9 Å². The predicted molar refractivity (Wildman–Crippen MR) is 206 cm³/mol. The Kier molecular flexibility index (Phi) is 12.4. The molecule has 0 bridgehead atoms. The van der Waals surface area contributed by atoms with Crippen LogP contribution in [0.15, 0.2) is 36.5 Å². The molecule has 4 amide bonds. The van der Waals surface area contributed by atoms with Gasteiger partial charge in [-0.3, -0.25) is 19.1 Å². The first-order chi connectivity index (χ1) is 28.1. The van der Waals surface area contributed by atoms with E-state index in [1.165, 1.54) is 19.4 Å². The second-order valence-corrected chi connectivity index (χ2v) is 18.9. The van der Waals surface area contributed by atoms with Gasteiger partial charge >= 0.3 is 12.3 Å². The van der Waals surface area contributed by atoms with E-state index >= 15 is 0 Å². The van der Waals surface area contributed by atoms with Gasteiger partial charge in [0.25, 0.3) is 5.91 Å². The fraction of sp³-hybridized carbons (Fsp3) is 0.625. The summed E-state index contributed by atoms with van der Waals surface area (Å²) in [5.74, 6) is -5.09. The van der Waals surface area contributed by atoms with Crippen LogP contribution >= 0.6 is 0 Å². The Morgan fingerprint density at radius 1 is 1.13 bits per heavy atom. The van der Waals surface area contributed by atoms with E-state index in [0.717, 1.165) is 11.0 Å². The molecule has 1 aromatic heterocycles. The van der Waals surface area contributed by atoms with Gasteiger partial charge in [-0.25, -0.2) is 27.0 Å². The van der Waals surface area contributed by atoms with Crippen molar-refractivity contribution in [2.45, 2.75) is 119 Å². The molecule has 2 aromatic rings. The minimum Gasteiger partial charge on any atom is -0.494 e. The average molecular weight is 872 g/mol. The SMILES string of the molecule is CCC1CC(C)CCC=CC2CC2(C(=O)NS(=O)(=O)C2(CF)CC2)NC(=O)C2CC(Oc3nccc4cc(OC)c(F)cc34)CN2C(=O)C1NC(=O)OC(C)(C)C(F)(F)F. The number of rotatable bonds is 10. The lowest BCUT2D eigenvalue weighted by Gasteiger charge is -2.35. The molecular weight excluding hydrogens is 822 g/mol. The third-order valence-electron chi connectivity index (χ3n) is 12.2. The van der Waals surface area contributed by atoms with Crippen molar-refractivity contribution in [3.63, 3.8) is 0 Å². The summed E-state index contributed by atoms with van der Waals surface area (Å²) in [6, 6.07) is 1.21. The largest absolute Gasteiger partial charge is 0.494 e. The van der Waals surface area contributed by atoms with Gasteiger partial charge < -0.3 is 29.7 Å². The van der Waals surface area contributed by atoms with E-state index in [2.05, 4.69) is 15.6 Å². The minimum absolute atomic E-state index is 0.00840. The molecule has 2 aliphatic carbocycles. The van der Waals surface area contributed by atoms with Gasteiger partial charge in [0.05, 0.1) is 13.7 Å². The van der Waals surface area contributed by atoms with Crippen molar-refractivity contribution in [3.05, 3.63) is 42.4 Å². The van der Waals surface area contributed by atoms with Crippen molar-refractivity contribution in [3.8, 4) is 11.6 Å². The zero-order valence-corrected chi connectivity index (χ0v) is 34.7. The number of hydrogen-bond acceptors (Lipinski definition) is 10. The zero-order valence-electron chi connectivity index (χ0n) is 33.9. The number of fused-ring (bicyclic) bond motifs is 3. The van der Waals surface area contributed by atoms with E-state index in [1.807, 2.05) is 11.6 Å². The van der Waals surface area contributed by atoms with Crippen molar-refractivity contribution >= 4 is 44.6 Å². The molecule has 1 saturated heterocycles. The summed E-state index contributed by atoms with van der Waals surface area (Å²) in [7, 11) is -3.19. The molecule has 60 heavy (non-hydrogen) atoms. The van der Waals surface area contributed by atoms with Gasteiger partial charge in [0.15, 0.2) is 11.6 Å². The number of allylic oxidation sites excluding steroid dienone is 1. The highest BCUT2D eigenvalue weighted by molar-refractivity contribution is 7.91. The molecule has 2 saturated carbocycles. The number of alkyl carbamates (subject to hydrolysis) is 1. The Morgan fingerprint density at radius 3 is 2.48 bits per heavy atom. The average Bonchev–Trinajstić information content (AvgIpc) is 4.08. The smallest absolute Gasteiger partial charge is 0.427 e. The highest BCUT2D eigenvalue weighted by Gasteiger charge is 2.64. The second-order valence-electron chi connectivity index (χ2n) is 16.9. The summed E-state index contributed by atoms with van der Waals surface area (Å²) in [5, 5.41) is 5.78. The number of pyridine rings is 1. The molecule has 1 aromatic carbocycles. The van der Waals surface area contributed by atoms with Crippen LogP contribution in [0.4, 0.5) is 26.7 Å². The van der Waals surface area contributed by atoms with E-state index in [4.69, 9.17) is 14.2 Å². The number of ether oxygens (including phenoxy) is 3. The minimum atomic E-state index is -4.96. The van der Waals surface area contributed by atoms with Crippen molar-refractivity contribution < 1.29 is 63.8 Å². The molecule has 3 fully saturated rings. The van der Waals surface area contributed by atoms with E-state index in [-0.39, 0.29) is 61.6 Å². The van der Waals surface area contributed by atoms with Crippen molar-refractivity contribution in [2.75, 3.05) is 20.3 Å². The van der Waals surface area contributed by atoms with Gasteiger partial charge in [-0.2, -0.15) is 13.2 Å². The maximum atomic E-state index is 14.9. The fourth-order valence-corrected chi connectivity index (χ4v) is 9.40. The van der Waals surface area contributed by atoms with E-state index < -0.39 is 98.4 Å². The molecule has 4 aliphatic rings. The topological polar surface area (TPSA) is 182 Å². The summed E-state index contributed by atoms with van der Waals surface area (Å²) in [4.78, 5) is 61.9. The van der Waals surface area contributed by atoms with Crippen LogP contribution in [0.3, 0.4) is 0 Å². The number of hydrogen-bond donors (Lipinski definition) is 3. The molecule has 0 radical (unpaired) electrons. The van der Waals surface area contributed by atoms with Crippen molar-refractivity contribution in [2.24, 2.45) is 17.8 Å². The van der Waals surface area contributed by atoms with E-state index in [0.29, 0.717) is 38.5 Å². The van der Waals surface area contributed by atoms with Crippen LogP contribution < -0.4 is 24.8 Å². The first-order valence-corrected chi connectivity index (χ1v) is 21.4. The molecule has 3 heterocycles. The number of methoxy groups -OCH3 is 1. The number of carbonyl (C=O) groups is 4. The lowest BCUT2D eigenvalue weighted by Crippen LogP contribution is -2.60. The van der Waals surface area contributed by atoms with Gasteiger partial charge in [-0.15, -0.1) is 0 Å². The number of nitrogens with zero attached hydrogens (tertiary/aromatic N) is 2. The first kappa shape index (κ1) is 44.8. The van der Waals surface area contributed by atoms with Gasteiger partial charge in [0.2, 0.25) is 33.3 Å². The highest BCUT2D eigenvalue weighted by atomic mass is 32.2. The standard InChI is InChI=1S/C40H50F5N5O9S/c1-6-23-15-22(2)9-7-8-10-25-19-39(25,35(53)49-60(55,56)38(21-41)12-13-38)48-32(51)29-17-26(58-33-27-18-28(42)30(57-5)16-24(27)11-14-46-33)20-50(29)34(52)31(23)47-36(54)59-37(3,4)40(43,44)45/h8,10-11,14,16,18,22-23,25-26,29,31H,6-7,9,12-13,15,17,19-21H2,1-5H3,(H,47,54)(H,48,51)(H,49,53). The van der Waals surface area contributed by atoms with Gasteiger partial charge in [0.1, 0.15) is 35.1 Å². The molecule has 14 nitrogen and oxygen atoms in total. The van der Waals surface area contributed by atoms with Crippen LogP contribution in [0.2, 0.25) is 0 Å². The summed E-state index contributed by atoms with van der Waals surface area (Å²) < 4.78 is 113. The molecule has 6 rings (SSSR count). The van der Waals surface area contributed by atoms with Crippen LogP contribution in [0.5, 0.6) is 11.6 Å². The molecule has 3 N–H and O–H groups in total. The number of sulfonamides is 1. The molecule has 7 unspecified atom stereocenters. The van der Waals surface area contributed by atoms with Crippen LogP contribution in [-0.2, 0) is 29.1 Å². The normalized spacial score (nSPS) is 28.3. The molecular formula is C40H50F5N5O9S. The molecule has 20 heteroatoms. The number of amides is 4. The number of benzene rings is 1. The van der Waals surface area contributed by atoms with E-state index in [9.17, 15) is 49.5 Å². The van der Waals surface area contributed by atoms with Gasteiger partial charge in [-0.05, 0) is 87.8 Å². The highest BCUT2D eigenvalue weighted by Crippen LogP contribution is 2.48. The van der Waals surface area contributed by atoms with E-state index in [1.54, 1.807) is 25.1 Å². The first-order valence-electron chi connectivity index (χ1n) is 19.9. The Labute approximate surface area is 344 Å². The molecule has 330 valence electrons. The predicted octanol–water partition coefficient (Wildman–Crippen LogP) is 5.39. The van der Waals surface area contributed by atoms with Crippen LogP contribution in [0, 0.1) is 23.6 Å². The Morgan fingerprint density at radius 2 is 1.85 bits per heavy atom. The number of alkyl halides is 4. The monoisotopic (exact) mass is 871 g/mol. The van der Waals surface area contributed by atoms with Crippen LogP contribution in [-0.4, -0.2) is 103 Å². The van der Waals surface area contributed by atoms with Crippen LogP contribution in [0.1, 0.15) is 79.1 Å². The summed E-state index contributed by atoms with van der Waals surface area (Å²) in [6.45, 7) is 3.43. The fourth-order valence-electron chi connectivity index (χ4n) is 7.97. The summed E-state index contributed by atoms with van der Waals surface area (Å²) in [6.07, 6.45) is -1.24. The lowest BCUT2D eigenvalue weighted by molar-refractivity contribution is -0.244. The quantitative estimate of drug-likeness (QED) is 0.207. The molecule has 0 spiro atoms. The van der Waals surface area contributed by atoms with Crippen molar-refractivity contribution in [1.82, 2.24) is 25.2 Å². The van der Waals surface area contributed by atoms with Gasteiger partial charge in [-0.1, -0.05) is 32.4 Å². The van der Waals surface area contributed by atoms with Crippen LogP contribution in [0.25, 0.3) is 10.8 Å². The number of nitrogens with one attached hydrogen (secondary N) is 3. The molecule has 7 atom stereocenters. The number of aromatic nitrogens is 1. The van der Waals surface area contributed by atoms with Crippen molar-refractivity contribution in [1.29, 1.82) is 0 Å². The second kappa shape index (κ2) is 16.6. The zero-order chi connectivity index (χ0) is 44.0. The molecule has 2 aliphatic heterocycles. The Balaban J connectivity index is 1.38. The summed E-state index contributed by atoms with van der Waals surface area (Å²) in [5.41, 5.74) is -4.74. The maximum Gasteiger partial charge on any atom is 0.427 e.